The lowest BCUT2D eigenvalue weighted by Crippen LogP contribution is -2.56. The summed E-state index contributed by atoms with van der Waals surface area (Å²) in [4.78, 5) is 2.63. The molecule has 1 fully saturated rings. The molecule has 0 radical (unpaired) electrons. The number of likely N-dealkylation sites (tertiary alicyclic amines) is 1. The van der Waals surface area contributed by atoms with Crippen molar-refractivity contribution in [2.75, 3.05) is 13.1 Å². The molecule has 0 bridgehead atoms. The van der Waals surface area contributed by atoms with Gasteiger partial charge < -0.3 is 5.73 Å². The second-order valence-corrected chi connectivity index (χ2v) is 6.83. The van der Waals surface area contributed by atoms with Crippen LogP contribution in [0.1, 0.15) is 45.1 Å². The van der Waals surface area contributed by atoms with Crippen LogP contribution in [0.2, 0.25) is 5.02 Å². The van der Waals surface area contributed by atoms with E-state index in [-0.39, 0.29) is 5.54 Å². The lowest BCUT2D eigenvalue weighted by Gasteiger charge is -2.44. The Bertz CT molecular complexity index is 418. The van der Waals surface area contributed by atoms with Crippen LogP contribution in [0.5, 0.6) is 0 Å². The van der Waals surface area contributed by atoms with Crippen molar-refractivity contribution in [3.8, 4) is 0 Å². The number of nitrogens with two attached hydrogens (primary N) is 1. The molecule has 0 aromatic heterocycles. The van der Waals surface area contributed by atoms with Crippen LogP contribution in [0.15, 0.2) is 24.3 Å². The van der Waals surface area contributed by atoms with Gasteiger partial charge in [-0.15, -0.1) is 0 Å². The summed E-state index contributed by atoms with van der Waals surface area (Å²) in [6.45, 7) is 6.52. The minimum absolute atomic E-state index is 0.0393. The highest BCUT2D eigenvalue weighted by Crippen LogP contribution is 2.28. The Labute approximate surface area is 128 Å². The van der Waals surface area contributed by atoms with E-state index in [1.807, 2.05) is 12.1 Å². The second-order valence-electron chi connectivity index (χ2n) is 6.40. The van der Waals surface area contributed by atoms with Crippen LogP contribution in [0.3, 0.4) is 0 Å². The summed E-state index contributed by atoms with van der Waals surface area (Å²) in [5.41, 5.74) is 7.52. The lowest BCUT2D eigenvalue weighted by atomic mass is 9.89. The summed E-state index contributed by atoms with van der Waals surface area (Å²) in [5.74, 6) is 0. The van der Waals surface area contributed by atoms with Crippen LogP contribution in [-0.4, -0.2) is 29.6 Å². The van der Waals surface area contributed by atoms with Gasteiger partial charge in [-0.25, -0.2) is 0 Å². The van der Waals surface area contributed by atoms with E-state index in [1.54, 1.807) is 0 Å². The summed E-state index contributed by atoms with van der Waals surface area (Å²) >= 11 is 5.98. The smallest absolute Gasteiger partial charge is 0.0406 e. The SMILES string of the molecule is CC1CCCCCN1C(C)(CN)Cc1ccc(Cl)cc1. The molecule has 0 amide bonds. The van der Waals surface area contributed by atoms with Gasteiger partial charge in [0.1, 0.15) is 0 Å². The molecular formula is C17H27ClN2. The average molecular weight is 295 g/mol. The van der Waals surface area contributed by atoms with Crippen LogP contribution in [0, 0.1) is 0 Å². The topological polar surface area (TPSA) is 29.3 Å². The molecule has 0 aliphatic carbocycles. The number of rotatable bonds is 4. The van der Waals surface area contributed by atoms with Gasteiger partial charge in [-0.1, -0.05) is 36.6 Å². The van der Waals surface area contributed by atoms with Gasteiger partial charge in [0.15, 0.2) is 0 Å². The van der Waals surface area contributed by atoms with Crippen LogP contribution in [0.25, 0.3) is 0 Å². The number of halogens is 1. The van der Waals surface area contributed by atoms with Gasteiger partial charge in [0, 0.05) is 23.1 Å². The highest BCUT2D eigenvalue weighted by atomic mass is 35.5. The van der Waals surface area contributed by atoms with Gasteiger partial charge in [-0.2, -0.15) is 0 Å². The first kappa shape index (κ1) is 15.8. The Morgan fingerprint density at radius 2 is 1.95 bits per heavy atom. The van der Waals surface area contributed by atoms with Gasteiger partial charge in [0.25, 0.3) is 0 Å². The molecule has 1 aromatic rings. The molecule has 0 spiro atoms. The van der Waals surface area contributed by atoms with E-state index in [2.05, 4.69) is 30.9 Å². The van der Waals surface area contributed by atoms with Crippen molar-refractivity contribution in [1.82, 2.24) is 4.90 Å². The lowest BCUT2D eigenvalue weighted by molar-refractivity contribution is 0.0712. The van der Waals surface area contributed by atoms with E-state index in [1.165, 1.54) is 37.8 Å². The molecule has 1 aliphatic rings. The maximum Gasteiger partial charge on any atom is 0.0406 e. The van der Waals surface area contributed by atoms with Gasteiger partial charge in [-0.05, 0) is 57.4 Å². The van der Waals surface area contributed by atoms with E-state index in [0.29, 0.717) is 12.6 Å². The Hall–Kier alpha value is -0.570. The average Bonchev–Trinajstić information content (AvgIpc) is 2.66. The predicted octanol–water partition coefficient (Wildman–Crippen LogP) is 3.86. The number of hydrogen-bond donors (Lipinski definition) is 1. The van der Waals surface area contributed by atoms with Crippen LogP contribution >= 0.6 is 11.6 Å². The normalized spacial score (nSPS) is 24.1. The van der Waals surface area contributed by atoms with Crippen LogP contribution in [-0.2, 0) is 6.42 Å². The molecule has 3 heteroatoms. The predicted molar refractivity (Wildman–Crippen MR) is 87.3 cm³/mol. The molecule has 20 heavy (non-hydrogen) atoms. The first-order valence-electron chi connectivity index (χ1n) is 7.76. The van der Waals surface area contributed by atoms with E-state index >= 15 is 0 Å². The molecule has 1 heterocycles. The van der Waals surface area contributed by atoms with Crippen molar-refractivity contribution in [3.63, 3.8) is 0 Å². The summed E-state index contributed by atoms with van der Waals surface area (Å²) in [6, 6.07) is 8.81. The first-order chi connectivity index (χ1) is 9.55. The molecule has 2 unspecified atom stereocenters. The fourth-order valence-corrected chi connectivity index (χ4v) is 3.54. The molecule has 1 saturated heterocycles. The monoisotopic (exact) mass is 294 g/mol. The Kier molecular flexibility index (Phi) is 5.48. The molecule has 2 rings (SSSR count). The molecule has 112 valence electrons. The van der Waals surface area contributed by atoms with Crippen molar-refractivity contribution in [2.45, 2.75) is 57.5 Å². The number of hydrogen-bond acceptors (Lipinski definition) is 2. The minimum atomic E-state index is 0.0393. The minimum Gasteiger partial charge on any atom is -0.329 e. The van der Waals surface area contributed by atoms with Gasteiger partial charge in [-0.3, -0.25) is 4.90 Å². The van der Waals surface area contributed by atoms with E-state index in [0.717, 1.165) is 11.4 Å². The molecule has 2 nitrogen and oxygen atoms in total. The molecule has 2 atom stereocenters. The van der Waals surface area contributed by atoms with Crippen LogP contribution in [0.4, 0.5) is 0 Å². The first-order valence-corrected chi connectivity index (χ1v) is 8.14. The van der Waals surface area contributed by atoms with Crippen LogP contribution < -0.4 is 5.73 Å². The fraction of sp³-hybridized carbons (Fsp3) is 0.647. The standard InChI is InChI=1S/C17H27ClN2/c1-14-6-4-3-5-11-20(14)17(2,13-19)12-15-7-9-16(18)10-8-15/h7-10,14H,3-6,11-13,19H2,1-2H3. The van der Waals surface area contributed by atoms with Gasteiger partial charge in [0.05, 0.1) is 0 Å². The quantitative estimate of drug-likeness (QED) is 0.913. The Morgan fingerprint density at radius 3 is 2.60 bits per heavy atom. The third-order valence-electron chi connectivity index (χ3n) is 4.68. The van der Waals surface area contributed by atoms with Crippen molar-refractivity contribution in [1.29, 1.82) is 0 Å². The molecular weight excluding hydrogens is 268 g/mol. The third kappa shape index (κ3) is 3.75. The zero-order chi connectivity index (χ0) is 14.6. The summed E-state index contributed by atoms with van der Waals surface area (Å²) in [7, 11) is 0. The van der Waals surface area contributed by atoms with Gasteiger partial charge >= 0.3 is 0 Å². The highest BCUT2D eigenvalue weighted by molar-refractivity contribution is 6.30. The maximum absolute atomic E-state index is 6.16. The van der Waals surface area contributed by atoms with Crippen molar-refractivity contribution < 1.29 is 0 Å². The Balaban J connectivity index is 2.16. The van der Waals surface area contributed by atoms with Crippen molar-refractivity contribution in [3.05, 3.63) is 34.9 Å². The number of benzene rings is 1. The number of nitrogens with zero attached hydrogens (tertiary/aromatic N) is 1. The van der Waals surface area contributed by atoms with Crippen molar-refractivity contribution in [2.24, 2.45) is 5.73 Å². The van der Waals surface area contributed by atoms with E-state index in [4.69, 9.17) is 17.3 Å². The zero-order valence-electron chi connectivity index (χ0n) is 12.7. The maximum atomic E-state index is 6.16. The molecule has 1 aromatic carbocycles. The largest absolute Gasteiger partial charge is 0.329 e. The van der Waals surface area contributed by atoms with Gasteiger partial charge in [0.2, 0.25) is 0 Å². The van der Waals surface area contributed by atoms with E-state index < -0.39 is 0 Å². The highest BCUT2D eigenvalue weighted by Gasteiger charge is 2.34. The van der Waals surface area contributed by atoms with E-state index in [9.17, 15) is 0 Å². The fourth-order valence-electron chi connectivity index (χ4n) is 3.41. The summed E-state index contributed by atoms with van der Waals surface area (Å²) in [5, 5.41) is 0.798. The summed E-state index contributed by atoms with van der Waals surface area (Å²) in [6.07, 6.45) is 6.27. The Morgan fingerprint density at radius 1 is 1.25 bits per heavy atom. The molecule has 2 N–H and O–H groups in total. The third-order valence-corrected chi connectivity index (χ3v) is 4.94. The van der Waals surface area contributed by atoms with Crippen molar-refractivity contribution >= 4 is 11.6 Å². The zero-order valence-corrected chi connectivity index (χ0v) is 13.5. The molecule has 1 aliphatic heterocycles. The second kappa shape index (κ2) is 6.93. The summed E-state index contributed by atoms with van der Waals surface area (Å²) < 4.78 is 0. The molecule has 0 saturated carbocycles.